The highest BCUT2D eigenvalue weighted by atomic mass is 16.5. The van der Waals surface area contributed by atoms with Crippen LogP contribution in [0.1, 0.15) is 0 Å². The molecule has 0 atom stereocenters. The average molecular weight is 214 g/mol. The van der Waals surface area contributed by atoms with Crippen LogP contribution in [-0.4, -0.2) is 32.1 Å². The highest BCUT2D eigenvalue weighted by molar-refractivity contribution is 5.63. The van der Waals surface area contributed by atoms with Crippen LogP contribution in [0.25, 0.3) is 17.0 Å². The second-order valence-corrected chi connectivity index (χ2v) is 3.21. The number of nitrogens with one attached hydrogen (secondary N) is 1. The van der Waals surface area contributed by atoms with Crippen molar-refractivity contribution in [3.63, 3.8) is 0 Å². The van der Waals surface area contributed by atoms with Crippen molar-refractivity contribution in [3.8, 4) is 11.4 Å². The first kappa shape index (κ1) is 8.90. The van der Waals surface area contributed by atoms with Gasteiger partial charge in [-0.1, -0.05) is 6.07 Å². The van der Waals surface area contributed by atoms with Gasteiger partial charge in [-0.25, -0.2) is 4.98 Å². The Kier molecular flexibility index (Phi) is 1.86. The molecule has 0 amide bonds. The highest BCUT2D eigenvalue weighted by Gasteiger charge is 2.06. The maximum absolute atomic E-state index is 5.13. The van der Waals surface area contributed by atoms with Crippen LogP contribution in [0.4, 0.5) is 0 Å². The van der Waals surface area contributed by atoms with Gasteiger partial charge in [0.05, 0.1) is 12.8 Å². The zero-order chi connectivity index (χ0) is 11.0. The van der Waals surface area contributed by atoms with E-state index in [0.29, 0.717) is 11.3 Å². The molecule has 79 valence electrons. The normalized spacial score (nSPS) is 10.8. The Labute approximate surface area is 90.9 Å². The third-order valence-corrected chi connectivity index (χ3v) is 2.22. The molecule has 6 nitrogen and oxygen atoms in total. The van der Waals surface area contributed by atoms with Gasteiger partial charge in [0.25, 0.3) is 0 Å². The molecule has 0 spiro atoms. The minimum atomic E-state index is 0.544. The van der Waals surface area contributed by atoms with Gasteiger partial charge in [0.2, 0.25) is 11.3 Å². The van der Waals surface area contributed by atoms with Crippen LogP contribution in [0.5, 0.6) is 5.75 Å². The second-order valence-electron chi connectivity index (χ2n) is 3.21. The lowest BCUT2D eigenvalue weighted by Gasteiger charge is -2.02. The van der Waals surface area contributed by atoms with Crippen molar-refractivity contribution < 1.29 is 4.74 Å². The third-order valence-electron chi connectivity index (χ3n) is 2.22. The molecular weight excluding hydrogens is 206 g/mol. The first-order valence-electron chi connectivity index (χ1n) is 4.70. The van der Waals surface area contributed by atoms with E-state index < -0.39 is 0 Å². The van der Waals surface area contributed by atoms with E-state index in [9.17, 15) is 0 Å². The van der Waals surface area contributed by atoms with Gasteiger partial charge in [-0.2, -0.15) is 0 Å². The zero-order valence-corrected chi connectivity index (χ0v) is 8.51. The highest BCUT2D eigenvalue weighted by Crippen LogP contribution is 2.15. The van der Waals surface area contributed by atoms with Gasteiger partial charge in [0.1, 0.15) is 5.75 Å². The molecule has 0 aliphatic heterocycles. The summed E-state index contributed by atoms with van der Waals surface area (Å²) < 4.78 is 5.13. The summed E-state index contributed by atoms with van der Waals surface area (Å²) in [6, 6.07) is 7.49. The molecule has 16 heavy (non-hydrogen) atoms. The average Bonchev–Trinajstić information content (AvgIpc) is 2.89. The number of rotatable bonds is 2. The largest absolute Gasteiger partial charge is 0.497 e. The van der Waals surface area contributed by atoms with Crippen LogP contribution in [0, 0.1) is 6.33 Å². The van der Waals surface area contributed by atoms with Crippen molar-refractivity contribution in [3.05, 3.63) is 30.6 Å². The molecule has 6 heteroatoms. The number of hydrogen-bond acceptors (Lipinski definition) is 4. The zero-order valence-electron chi connectivity index (χ0n) is 8.51. The molecule has 2 aromatic heterocycles. The van der Waals surface area contributed by atoms with Gasteiger partial charge in [-0.05, 0) is 12.1 Å². The lowest BCUT2D eigenvalue weighted by Crippen LogP contribution is -1.99. The Morgan fingerprint density at radius 1 is 1.38 bits per heavy atom. The smallest absolute Gasteiger partial charge is 0.221 e. The number of hydrogen-bond donors (Lipinski definition) is 1. The molecule has 1 radical (unpaired) electrons. The van der Waals surface area contributed by atoms with Crippen LogP contribution in [-0.2, 0) is 0 Å². The standard InChI is InChI=1S/C10H8N5O/c1-16-8-4-2-3-7(5-8)15-13-9-10(14-15)12-6-11-9/h2-5H,1H3,(H,11,12,13,14). The summed E-state index contributed by atoms with van der Waals surface area (Å²) in [4.78, 5) is 8.18. The quantitative estimate of drug-likeness (QED) is 0.689. The molecule has 1 aromatic carbocycles. The van der Waals surface area contributed by atoms with E-state index in [1.165, 1.54) is 4.80 Å². The molecule has 0 unspecified atom stereocenters. The predicted molar refractivity (Wildman–Crippen MR) is 56.4 cm³/mol. The number of aromatic nitrogens is 5. The van der Waals surface area contributed by atoms with E-state index in [-0.39, 0.29) is 0 Å². The number of benzene rings is 1. The molecular formula is C10H8N5O. The molecule has 0 saturated heterocycles. The van der Waals surface area contributed by atoms with Crippen molar-refractivity contribution in [1.29, 1.82) is 0 Å². The fraction of sp³-hybridized carbons (Fsp3) is 0.100. The number of methoxy groups -OCH3 is 1. The lowest BCUT2D eigenvalue weighted by molar-refractivity contribution is 0.414. The van der Waals surface area contributed by atoms with E-state index in [2.05, 4.69) is 26.5 Å². The maximum Gasteiger partial charge on any atom is 0.221 e. The van der Waals surface area contributed by atoms with Crippen LogP contribution >= 0.6 is 0 Å². The monoisotopic (exact) mass is 214 g/mol. The summed E-state index contributed by atoms with van der Waals surface area (Å²) in [7, 11) is 1.62. The van der Waals surface area contributed by atoms with Crippen molar-refractivity contribution in [2.24, 2.45) is 0 Å². The first-order valence-corrected chi connectivity index (χ1v) is 4.70. The molecule has 1 N–H and O–H groups in total. The van der Waals surface area contributed by atoms with E-state index >= 15 is 0 Å². The van der Waals surface area contributed by atoms with Crippen molar-refractivity contribution in [2.45, 2.75) is 0 Å². The predicted octanol–water partition coefficient (Wildman–Crippen LogP) is 0.952. The fourth-order valence-corrected chi connectivity index (χ4v) is 1.44. The van der Waals surface area contributed by atoms with Gasteiger partial charge in [0.15, 0.2) is 6.33 Å². The second kappa shape index (κ2) is 3.34. The molecule has 0 aliphatic rings. The Balaban J connectivity index is 2.11. The number of fused-ring (bicyclic) bond motifs is 1. The Morgan fingerprint density at radius 2 is 2.31 bits per heavy atom. The van der Waals surface area contributed by atoms with Gasteiger partial charge in [-0.15, -0.1) is 15.0 Å². The Morgan fingerprint density at radius 3 is 3.12 bits per heavy atom. The molecule has 3 rings (SSSR count). The van der Waals surface area contributed by atoms with Crippen molar-refractivity contribution in [2.75, 3.05) is 7.11 Å². The number of H-pyrrole nitrogens is 1. The molecule has 0 fully saturated rings. The number of ether oxygens (including phenoxy) is 1. The minimum Gasteiger partial charge on any atom is -0.497 e. The topological polar surface area (TPSA) is 68.6 Å². The van der Waals surface area contributed by atoms with Gasteiger partial charge < -0.3 is 9.72 Å². The summed E-state index contributed by atoms with van der Waals surface area (Å²) in [5.74, 6) is 0.762. The SMILES string of the molecule is COc1cccc(-n2nc3n[c][nH]c3n2)c1. The van der Waals surface area contributed by atoms with Crippen molar-refractivity contribution in [1.82, 2.24) is 25.0 Å². The Hall–Kier alpha value is -2.37. The van der Waals surface area contributed by atoms with E-state index in [4.69, 9.17) is 4.74 Å². The number of imidazole rings is 1. The summed E-state index contributed by atoms with van der Waals surface area (Å²) in [6.45, 7) is 0. The van der Waals surface area contributed by atoms with Crippen LogP contribution in [0.15, 0.2) is 24.3 Å². The number of nitrogens with zero attached hydrogens (tertiary/aromatic N) is 4. The van der Waals surface area contributed by atoms with Gasteiger partial charge in [-0.3, -0.25) is 0 Å². The minimum absolute atomic E-state index is 0.544. The van der Waals surface area contributed by atoms with E-state index in [0.717, 1.165) is 11.4 Å². The lowest BCUT2D eigenvalue weighted by atomic mass is 10.3. The van der Waals surface area contributed by atoms with E-state index in [1.54, 1.807) is 7.11 Å². The molecule has 0 saturated carbocycles. The molecule has 3 aromatic rings. The van der Waals surface area contributed by atoms with Crippen LogP contribution in [0.3, 0.4) is 0 Å². The summed E-state index contributed by atoms with van der Waals surface area (Å²) in [6.07, 6.45) is 2.58. The van der Waals surface area contributed by atoms with E-state index in [1.807, 2.05) is 24.3 Å². The van der Waals surface area contributed by atoms with Crippen molar-refractivity contribution >= 4 is 11.3 Å². The molecule has 0 bridgehead atoms. The van der Waals surface area contributed by atoms with Gasteiger partial charge >= 0.3 is 0 Å². The summed E-state index contributed by atoms with van der Waals surface area (Å²) >= 11 is 0. The molecule has 2 heterocycles. The molecule has 0 aliphatic carbocycles. The Bertz CT molecular complexity index is 598. The number of aromatic amines is 1. The maximum atomic E-state index is 5.13. The van der Waals surface area contributed by atoms with Crippen LogP contribution < -0.4 is 4.74 Å². The first-order chi connectivity index (χ1) is 7.86. The summed E-state index contributed by atoms with van der Waals surface area (Å²) in [5.41, 5.74) is 1.98. The summed E-state index contributed by atoms with van der Waals surface area (Å²) in [5, 5.41) is 8.41. The van der Waals surface area contributed by atoms with Crippen LogP contribution in [0.2, 0.25) is 0 Å². The fourth-order valence-electron chi connectivity index (χ4n) is 1.44. The third kappa shape index (κ3) is 1.31. The van der Waals surface area contributed by atoms with Gasteiger partial charge in [0, 0.05) is 6.07 Å².